The Morgan fingerprint density at radius 3 is 2.77 bits per heavy atom. The number of aromatic amines is 1. The number of hydrogen-bond acceptors (Lipinski definition) is 3. The van der Waals surface area contributed by atoms with Crippen LogP contribution in [0.2, 0.25) is 0 Å². The van der Waals surface area contributed by atoms with E-state index in [2.05, 4.69) is 16.1 Å². The van der Waals surface area contributed by atoms with Gasteiger partial charge in [0.15, 0.2) is 5.65 Å². The topological polar surface area (TPSA) is 63.1 Å². The van der Waals surface area contributed by atoms with Crippen molar-refractivity contribution in [1.82, 2.24) is 19.6 Å². The van der Waals surface area contributed by atoms with Crippen molar-refractivity contribution in [3.05, 3.63) is 52.8 Å². The largest absolute Gasteiger partial charge is 0.328 e. The van der Waals surface area contributed by atoms with Crippen LogP contribution in [0.15, 0.2) is 41.6 Å². The fraction of sp³-hybridized carbons (Fsp3) is 0.353. The van der Waals surface area contributed by atoms with Crippen molar-refractivity contribution in [3.8, 4) is 11.1 Å². The standard InChI is InChI=1S/C17H18N4O/c22-16-7-6-13(10-18-16)14-11-19-21-9-8-15(20-17(14)21)12-4-2-1-3-5-12/h6-12H,1-5H2,(H,18,22). The van der Waals surface area contributed by atoms with E-state index in [-0.39, 0.29) is 5.56 Å². The molecule has 0 spiro atoms. The number of fused-ring (bicyclic) bond motifs is 1. The van der Waals surface area contributed by atoms with Crippen LogP contribution in [-0.4, -0.2) is 19.6 Å². The van der Waals surface area contributed by atoms with Crippen molar-refractivity contribution in [3.63, 3.8) is 0 Å². The summed E-state index contributed by atoms with van der Waals surface area (Å²) in [6, 6.07) is 5.43. The first kappa shape index (κ1) is 13.2. The van der Waals surface area contributed by atoms with Crippen molar-refractivity contribution >= 4 is 5.65 Å². The lowest BCUT2D eigenvalue weighted by atomic mass is 9.87. The SMILES string of the molecule is O=c1ccc(-c2cnn3ccc(C4CCCCC4)nc23)c[nH]1. The third kappa shape index (κ3) is 2.32. The summed E-state index contributed by atoms with van der Waals surface area (Å²) in [5.74, 6) is 0.567. The molecule has 0 unspecified atom stereocenters. The second-order valence-corrected chi connectivity index (χ2v) is 5.96. The number of aromatic nitrogens is 4. The summed E-state index contributed by atoms with van der Waals surface area (Å²) in [6.45, 7) is 0. The molecule has 0 atom stereocenters. The summed E-state index contributed by atoms with van der Waals surface area (Å²) in [7, 11) is 0. The molecule has 4 rings (SSSR count). The van der Waals surface area contributed by atoms with Gasteiger partial charge in [-0.2, -0.15) is 5.10 Å². The van der Waals surface area contributed by atoms with Crippen LogP contribution in [0, 0.1) is 0 Å². The molecule has 3 heterocycles. The second-order valence-electron chi connectivity index (χ2n) is 5.96. The van der Waals surface area contributed by atoms with Gasteiger partial charge in [-0.1, -0.05) is 19.3 Å². The predicted molar refractivity (Wildman–Crippen MR) is 84.9 cm³/mol. The van der Waals surface area contributed by atoms with E-state index in [1.165, 1.54) is 43.9 Å². The van der Waals surface area contributed by atoms with Gasteiger partial charge in [-0.15, -0.1) is 0 Å². The van der Waals surface area contributed by atoms with E-state index in [1.54, 1.807) is 16.9 Å². The lowest BCUT2D eigenvalue weighted by Gasteiger charge is -2.20. The van der Waals surface area contributed by atoms with Crippen LogP contribution < -0.4 is 5.56 Å². The second kappa shape index (κ2) is 5.40. The van der Waals surface area contributed by atoms with E-state index in [4.69, 9.17) is 4.98 Å². The first-order chi connectivity index (χ1) is 10.8. The Morgan fingerprint density at radius 1 is 1.14 bits per heavy atom. The molecule has 0 aromatic carbocycles. The highest BCUT2D eigenvalue weighted by atomic mass is 16.1. The minimum Gasteiger partial charge on any atom is -0.328 e. The molecule has 1 N–H and O–H groups in total. The fourth-order valence-corrected chi connectivity index (χ4v) is 3.29. The van der Waals surface area contributed by atoms with E-state index in [0.717, 1.165) is 16.8 Å². The maximum absolute atomic E-state index is 11.2. The normalized spacial score (nSPS) is 16.2. The number of hydrogen-bond donors (Lipinski definition) is 1. The van der Waals surface area contributed by atoms with Gasteiger partial charge in [0.2, 0.25) is 5.56 Å². The van der Waals surface area contributed by atoms with Crippen molar-refractivity contribution < 1.29 is 0 Å². The quantitative estimate of drug-likeness (QED) is 0.789. The van der Waals surface area contributed by atoms with Crippen LogP contribution >= 0.6 is 0 Å². The van der Waals surface area contributed by atoms with Crippen LogP contribution in [-0.2, 0) is 0 Å². The smallest absolute Gasteiger partial charge is 0.247 e. The van der Waals surface area contributed by atoms with Crippen molar-refractivity contribution in [1.29, 1.82) is 0 Å². The summed E-state index contributed by atoms with van der Waals surface area (Å²) >= 11 is 0. The van der Waals surface area contributed by atoms with Gasteiger partial charge in [-0.3, -0.25) is 4.79 Å². The monoisotopic (exact) mass is 294 g/mol. The first-order valence-corrected chi connectivity index (χ1v) is 7.85. The van der Waals surface area contributed by atoms with E-state index in [9.17, 15) is 4.79 Å². The van der Waals surface area contributed by atoms with Crippen LogP contribution in [0.4, 0.5) is 0 Å². The number of pyridine rings is 1. The molecule has 5 heteroatoms. The lowest BCUT2D eigenvalue weighted by molar-refractivity contribution is 0.437. The number of nitrogens with zero attached hydrogens (tertiary/aromatic N) is 3. The molecule has 0 bridgehead atoms. The zero-order valence-corrected chi connectivity index (χ0v) is 12.3. The highest BCUT2D eigenvalue weighted by Crippen LogP contribution is 2.32. The number of nitrogens with one attached hydrogen (secondary N) is 1. The number of rotatable bonds is 2. The van der Waals surface area contributed by atoms with Gasteiger partial charge in [-0.25, -0.2) is 9.50 Å². The maximum atomic E-state index is 11.2. The Kier molecular flexibility index (Phi) is 3.25. The zero-order valence-electron chi connectivity index (χ0n) is 12.3. The third-order valence-corrected chi connectivity index (χ3v) is 4.51. The van der Waals surface area contributed by atoms with E-state index < -0.39 is 0 Å². The lowest BCUT2D eigenvalue weighted by Crippen LogP contribution is -2.07. The maximum Gasteiger partial charge on any atom is 0.247 e. The average molecular weight is 294 g/mol. The van der Waals surface area contributed by atoms with Crippen LogP contribution in [0.5, 0.6) is 0 Å². The summed E-state index contributed by atoms with van der Waals surface area (Å²) in [4.78, 5) is 18.8. The number of H-pyrrole nitrogens is 1. The van der Waals surface area contributed by atoms with E-state index in [0.29, 0.717) is 5.92 Å². The third-order valence-electron chi connectivity index (χ3n) is 4.51. The van der Waals surface area contributed by atoms with Crippen LogP contribution in [0.25, 0.3) is 16.8 Å². The van der Waals surface area contributed by atoms with Gasteiger partial charge in [0.1, 0.15) is 0 Å². The van der Waals surface area contributed by atoms with Gasteiger partial charge in [0.25, 0.3) is 0 Å². The van der Waals surface area contributed by atoms with Crippen molar-refractivity contribution in [2.75, 3.05) is 0 Å². The molecule has 5 nitrogen and oxygen atoms in total. The van der Waals surface area contributed by atoms with Gasteiger partial charge in [0, 0.05) is 41.2 Å². The van der Waals surface area contributed by atoms with Crippen LogP contribution in [0.1, 0.15) is 43.7 Å². The molecule has 1 aliphatic rings. The van der Waals surface area contributed by atoms with E-state index >= 15 is 0 Å². The molecule has 0 amide bonds. The molecule has 3 aromatic heterocycles. The summed E-state index contributed by atoms with van der Waals surface area (Å²) in [6.07, 6.45) is 11.9. The average Bonchev–Trinajstić information content (AvgIpc) is 2.99. The van der Waals surface area contributed by atoms with Gasteiger partial charge < -0.3 is 4.98 Å². The van der Waals surface area contributed by atoms with Gasteiger partial charge in [0.05, 0.1) is 6.20 Å². The van der Waals surface area contributed by atoms with Gasteiger partial charge >= 0.3 is 0 Å². The zero-order chi connectivity index (χ0) is 14.9. The van der Waals surface area contributed by atoms with Crippen molar-refractivity contribution in [2.24, 2.45) is 0 Å². The molecule has 1 fully saturated rings. The highest BCUT2D eigenvalue weighted by molar-refractivity contribution is 5.76. The molecule has 1 aliphatic carbocycles. The Balaban J connectivity index is 1.79. The molecular weight excluding hydrogens is 276 g/mol. The Bertz CT molecular complexity index is 838. The Labute approximate surface area is 128 Å². The summed E-state index contributed by atoms with van der Waals surface area (Å²) in [5, 5.41) is 4.37. The fourth-order valence-electron chi connectivity index (χ4n) is 3.29. The molecule has 0 radical (unpaired) electrons. The molecule has 112 valence electrons. The highest BCUT2D eigenvalue weighted by Gasteiger charge is 2.18. The molecule has 0 aliphatic heterocycles. The first-order valence-electron chi connectivity index (χ1n) is 7.85. The summed E-state index contributed by atoms with van der Waals surface area (Å²) in [5.41, 5.74) is 3.81. The van der Waals surface area contributed by atoms with Gasteiger partial charge in [-0.05, 0) is 25.0 Å². The van der Waals surface area contributed by atoms with Crippen molar-refractivity contribution in [2.45, 2.75) is 38.0 Å². The Hall–Kier alpha value is -2.43. The molecule has 3 aromatic rings. The minimum absolute atomic E-state index is 0.101. The van der Waals surface area contributed by atoms with E-state index in [1.807, 2.05) is 12.3 Å². The minimum atomic E-state index is -0.101. The molecule has 22 heavy (non-hydrogen) atoms. The molecule has 1 saturated carbocycles. The predicted octanol–water partition coefficient (Wildman–Crippen LogP) is 3.13. The molecular formula is C17H18N4O. The summed E-state index contributed by atoms with van der Waals surface area (Å²) < 4.78 is 1.80. The Morgan fingerprint density at radius 2 is 2.00 bits per heavy atom. The van der Waals surface area contributed by atoms with Crippen LogP contribution in [0.3, 0.4) is 0 Å². The molecule has 0 saturated heterocycles.